The third kappa shape index (κ3) is 2.89. The number of alkyl halides is 1. The molecule has 2 N–H and O–H groups in total. The van der Waals surface area contributed by atoms with E-state index in [1.165, 1.54) is 24.9 Å². The van der Waals surface area contributed by atoms with Crippen molar-refractivity contribution in [1.82, 2.24) is 9.97 Å². The quantitative estimate of drug-likeness (QED) is 0.505. The number of phenols is 1. The lowest BCUT2D eigenvalue weighted by atomic mass is 10.0. The predicted molar refractivity (Wildman–Crippen MR) is 84.6 cm³/mol. The molecule has 0 saturated heterocycles. The van der Waals surface area contributed by atoms with E-state index in [1.807, 2.05) is 6.07 Å². The Morgan fingerprint density at radius 1 is 1.55 bits per heavy atom. The second-order valence-corrected chi connectivity index (χ2v) is 5.29. The standard InChI is InChI=1S/C14H12ClN3O3S/c1-21-10-4-7(3-8(5-15)12(10)19)11-9(6-16)13(20)18-14(17-11)22-2/h3-4,19H,5H2,1-2H3,(H,17,18,20). The van der Waals surface area contributed by atoms with Crippen LogP contribution < -0.4 is 10.3 Å². The fraction of sp³-hybridized carbons (Fsp3) is 0.214. The monoisotopic (exact) mass is 337 g/mol. The van der Waals surface area contributed by atoms with E-state index in [4.69, 9.17) is 16.3 Å². The van der Waals surface area contributed by atoms with Crippen molar-refractivity contribution in [1.29, 1.82) is 5.26 Å². The average molecular weight is 338 g/mol. The summed E-state index contributed by atoms with van der Waals surface area (Å²) in [4.78, 5) is 18.8. The van der Waals surface area contributed by atoms with E-state index in [9.17, 15) is 15.2 Å². The summed E-state index contributed by atoms with van der Waals surface area (Å²) in [7, 11) is 1.40. The normalized spacial score (nSPS) is 10.3. The number of hydrogen-bond acceptors (Lipinski definition) is 6. The Balaban J connectivity index is 2.79. The van der Waals surface area contributed by atoms with Crippen molar-refractivity contribution < 1.29 is 9.84 Å². The Morgan fingerprint density at radius 2 is 2.27 bits per heavy atom. The Labute approximate surface area is 135 Å². The lowest BCUT2D eigenvalue weighted by molar-refractivity contribution is 0.371. The van der Waals surface area contributed by atoms with Crippen LogP contribution >= 0.6 is 23.4 Å². The maximum atomic E-state index is 12.0. The van der Waals surface area contributed by atoms with Gasteiger partial charge < -0.3 is 14.8 Å². The molecule has 0 aliphatic rings. The van der Waals surface area contributed by atoms with Crippen molar-refractivity contribution >= 4 is 23.4 Å². The Kier molecular flexibility index (Phi) is 4.96. The van der Waals surface area contributed by atoms with Gasteiger partial charge in [0.15, 0.2) is 16.7 Å². The molecule has 6 nitrogen and oxygen atoms in total. The van der Waals surface area contributed by atoms with Crippen molar-refractivity contribution in [3.63, 3.8) is 0 Å². The van der Waals surface area contributed by atoms with E-state index in [0.29, 0.717) is 16.3 Å². The van der Waals surface area contributed by atoms with Crippen LogP contribution in [0.5, 0.6) is 11.5 Å². The van der Waals surface area contributed by atoms with E-state index in [-0.39, 0.29) is 28.6 Å². The molecule has 0 radical (unpaired) electrons. The molecule has 2 rings (SSSR count). The topological polar surface area (TPSA) is 99.0 Å². The van der Waals surface area contributed by atoms with Crippen LogP contribution in [0.15, 0.2) is 22.1 Å². The molecule has 0 bridgehead atoms. The number of rotatable bonds is 4. The molecule has 0 fully saturated rings. The third-order valence-electron chi connectivity index (χ3n) is 2.99. The predicted octanol–water partition coefficient (Wildman–Crippen LogP) is 2.48. The summed E-state index contributed by atoms with van der Waals surface area (Å²) in [5.74, 6) is 0.177. The summed E-state index contributed by atoms with van der Waals surface area (Å²) in [6.07, 6.45) is 1.76. The Morgan fingerprint density at radius 3 is 2.82 bits per heavy atom. The van der Waals surface area contributed by atoms with Crippen molar-refractivity contribution in [2.75, 3.05) is 13.4 Å². The van der Waals surface area contributed by atoms with Gasteiger partial charge in [0, 0.05) is 11.1 Å². The van der Waals surface area contributed by atoms with E-state index >= 15 is 0 Å². The first-order valence-electron chi connectivity index (χ1n) is 6.10. The summed E-state index contributed by atoms with van der Waals surface area (Å²) in [5, 5.41) is 19.6. The van der Waals surface area contributed by atoms with Gasteiger partial charge in [0.25, 0.3) is 5.56 Å². The number of methoxy groups -OCH3 is 1. The first-order chi connectivity index (χ1) is 10.5. The summed E-state index contributed by atoms with van der Waals surface area (Å²) >= 11 is 7.06. The largest absolute Gasteiger partial charge is 0.504 e. The lowest BCUT2D eigenvalue weighted by Crippen LogP contribution is -2.14. The molecule has 0 aliphatic heterocycles. The van der Waals surface area contributed by atoms with Gasteiger partial charge in [-0.3, -0.25) is 4.79 Å². The highest BCUT2D eigenvalue weighted by molar-refractivity contribution is 7.98. The van der Waals surface area contributed by atoms with Gasteiger partial charge in [-0.1, -0.05) is 11.8 Å². The molecule has 0 atom stereocenters. The summed E-state index contributed by atoms with van der Waals surface area (Å²) < 4.78 is 5.10. The fourth-order valence-corrected chi connectivity index (χ4v) is 2.50. The van der Waals surface area contributed by atoms with Gasteiger partial charge in [0.2, 0.25) is 0 Å². The van der Waals surface area contributed by atoms with Crippen molar-refractivity contribution in [3.05, 3.63) is 33.6 Å². The maximum absolute atomic E-state index is 12.0. The molecule has 1 heterocycles. The fourth-order valence-electron chi connectivity index (χ4n) is 1.92. The zero-order valence-electron chi connectivity index (χ0n) is 11.8. The summed E-state index contributed by atoms with van der Waals surface area (Å²) in [6.45, 7) is 0. The number of benzene rings is 1. The number of thioether (sulfide) groups is 1. The number of aromatic amines is 1. The average Bonchev–Trinajstić information content (AvgIpc) is 2.54. The number of phenolic OH excluding ortho intramolecular Hbond substituents is 1. The van der Waals surface area contributed by atoms with Crippen LogP contribution in [0.2, 0.25) is 0 Å². The number of aromatic hydroxyl groups is 1. The Bertz CT molecular complexity index is 789. The lowest BCUT2D eigenvalue weighted by Gasteiger charge is -2.11. The van der Waals surface area contributed by atoms with Gasteiger partial charge >= 0.3 is 0 Å². The van der Waals surface area contributed by atoms with Gasteiger partial charge in [0.1, 0.15) is 11.6 Å². The molecule has 114 valence electrons. The number of nitriles is 1. The van der Waals surface area contributed by atoms with E-state index in [1.54, 1.807) is 12.3 Å². The SMILES string of the molecule is COc1cc(-c2nc(SC)[nH]c(=O)c2C#N)cc(CCl)c1O. The van der Waals surface area contributed by atoms with Crippen LogP contribution in [0.25, 0.3) is 11.3 Å². The smallest absolute Gasteiger partial charge is 0.270 e. The molecule has 1 aromatic carbocycles. The second kappa shape index (κ2) is 6.73. The van der Waals surface area contributed by atoms with Crippen molar-refractivity contribution in [3.8, 4) is 28.8 Å². The maximum Gasteiger partial charge on any atom is 0.270 e. The summed E-state index contributed by atoms with van der Waals surface area (Å²) in [6, 6.07) is 4.94. The van der Waals surface area contributed by atoms with Crippen molar-refractivity contribution in [2.45, 2.75) is 11.0 Å². The van der Waals surface area contributed by atoms with Crippen LogP contribution in [0.4, 0.5) is 0 Å². The molecule has 1 aromatic heterocycles. The number of ether oxygens (including phenoxy) is 1. The number of halogens is 1. The van der Waals surface area contributed by atoms with Gasteiger partial charge in [-0.2, -0.15) is 5.26 Å². The van der Waals surface area contributed by atoms with Gasteiger partial charge in [-0.25, -0.2) is 4.98 Å². The third-order valence-corrected chi connectivity index (χ3v) is 3.86. The molecular weight excluding hydrogens is 326 g/mol. The number of H-pyrrole nitrogens is 1. The molecule has 0 spiro atoms. The van der Waals surface area contributed by atoms with Crippen LogP contribution in [0.3, 0.4) is 0 Å². The molecule has 8 heteroatoms. The second-order valence-electron chi connectivity index (χ2n) is 4.23. The minimum atomic E-state index is -0.517. The highest BCUT2D eigenvalue weighted by atomic mass is 35.5. The van der Waals surface area contributed by atoms with Gasteiger partial charge in [-0.15, -0.1) is 11.6 Å². The van der Waals surface area contributed by atoms with E-state index in [0.717, 1.165) is 0 Å². The minimum Gasteiger partial charge on any atom is -0.504 e. The van der Waals surface area contributed by atoms with E-state index < -0.39 is 5.56 Å². The minimum absolute atomic E-state index is 0.0521. The number of nitrogens with one attached hydrogen (secondary N) is 1. The molecule has 2 aromatic rings. The molecule has 0 unspecified atom stereocenters. The number of hydrogen-bond donors (Lipinski definition) is 2. The molecular formula is C14H12ClN3O3S. The molecule has 0 saturated carbocycles. The van der Waals surface area contributed by atoms with Crippen molar-refractivity contribution in [2.24, 2.45) is 0 Å². The Hall–Kier alpha value is -2.17. The first kappa shape index (κ1) is 16.2. The molecule has 0 aliphatic carbocycles. The molecule has 22 heavy (non-hydrogen) atoms. The van der Waals surface area contributed by atoms with Gasteiger partial charge in [-0.05, 0) is 18.4 Å². The first-order valence-corrected chi connectivity index (χ1v) is 7.86. The highest BCUT2D eigenvalue weighted by Gasteiger charge is 2.17. The zero-order chi connectivity index (χ0) is 16.3. The highest BCUT2D eigenvalue weighted by Crippen LogP contribution is 2.36. The molecule has 0 amide bonds. The van der Waals surface area contributed by atoms with Crippen LogP contribution in [-0.2, 0) is 5.88 Å². The van der Waals surface area contributed by atoms with E-state index in [2.05, 4.69) is 9.97 Å². The summed E-state index contributed by atoms with van der Waals surface area (Å²) in [5.41, 5.74) is 0.499. The number of nitrogens with zero attached hydrogens (tertiary/aromatic N) is 2. The number of aromatic nitrogens is 2. The van der Waals surface area contributed by atoms with Gasteiger partial charge in [0.05, 0.1) is 18.7 Å². The van der Waals surface area contributed by atoms with Crippen LogP contribution in [-0.4, -0.2) is 28.4 Å². The van der Waals surface area contributed by atoms with Crippen LogP contribution in [0, 0.1) is 11.3 Å². The van der Waals surface area contributed by atoms with Crippen LogP contribution in [0.1, 0.15) is 11.1 Å². The zero-order valence-corrected chi connectivity index (χ0v) is 13.4.